The molecule has 0 aliphatic heterocycles. The Hall–Kier alpha value is -1.42. The van der Waals surface area contributed by atoms with E-state index >= 15 is 0 Å². The lowest BCUT2D eigenvalue weighted by atomic mass is 9.93. The van der Waals surface area contributed by atoms with Crippen molar-refractivity contribution in [2.45, 2.75) is 33.8 Å². The number of carbonyl (C=O) groups is 1. The number of aromatic nitrogens is 1. The third kappa shape index (κ3) is 3.53. The minimum atomic E-state index is -0.165. The summed E-state index contributed by atoms with van der Waals surface area (Å²) in [4.78, 5) is 16.0. The van der Waals surface area contributed by atoms with E-state index in [4.69, 9.17) is 4.74 Å². The summed E-state index contributed by atoms with van der Waals surface area (Å²) >= 11 is 1.57. The smallest absolute Gasteiger partial charge is 0.306 e. The van der Waals surface area contributed by atoms with Crippen molar-refractivity contribution in [3.8, 4) is 0 Å². The van der Waals surface area contributed by atoms with E-state index in [0.29, 0.717) is 6.42 Å². The maximum absolute atomic E-state index is 11.6. The van der Waals surface area contributed by atoms with E-state index in [1.807, 2.05) is 45.0 Å². The Morgan fingerprint density at radius 3 is 2.72 bits per heavy atom. The number of nitrogens with zero attached hydrogens (tertiary/aromatic N) is 1. The van der Waals surface area contributed by atoms with Crippen molar-refractivity contribution < 1.29 is 9.53 Å². The number of esters is 1. The lowest BCUT2D eigenvalue weighted by Gasteiger charge is -2.16. The molecule has 0 spiro atoms. The van der Waals surface area contributed by atoms with Crippen LogP contribution in [-0.4, -0.2) is 11.0 Å². The standard InChI is InChI=1S/C14H17NO2S/c1-14(2,3)8-13(16)17-9-12-15-10-6-4-5-7-11(10)18-12/h4-7H,8-9H2,1-3H3. The first-order valence-corrected chi connectivity index (χ1v) is 6.76. The van der Waals surface area contributed by atoms with Crippen LogP contribution in [0.15, 0.2) is 24.3 Å². The summed E-state index contributed by atoms with van der Waals surface area (Å²) < 4.78 is 6.37. The molecule has 0 bridgehead atoms. The zero-order valence-electron chi connectivity index (χ0n) is 10.9. The number of hydrogen-bond donors (Lipinski definition) is 0. The molecule has 0 fully saturated rings. The van der Waals surface area contributed by atoms with Gasteiger partial charge in [-0.25, -0.2) is 4.98 Å². The van der Waals surface area contributed by atoms with E-state index in [1.165, 1.54) is 0 Å². The van der Waals surface area contributed by atoms with Crippen molar-refractivity contribution >= 4 is 27.5 Å². The fourth-order valence-corrected chi connectivity index (χ4v) is 2.49. The Labute approximate surface area is 111 Å². The van der Waals surface area contributed by atoms with Gasteiger partial charge >= 0.3 is 5.97 Å². The average Bonchev–Trinajstić information content (AvgIpc) is 2.66. The molecule has 96 valence electrons. The molecule has 0 saturated heterocycles. The highest BCUT2D eigenvalue weighted by Crippen LogP contribution is 2.23. The van der Waals surface area contributed by atoms with Crippen molar-refractivity contribution in [3.05, 3.63) is 29.3 Å². The second kappa shape index (κ2) is 5.06. The zero-order valence-corrected chi connectivity index (χ0v) is 11.7. The van der Waals surface area contributed by atoms with Gasteiger partial charge in [-0.15, -0.1) is 11.3 Å². The van der Waals surface area contributed by atoms with Gasteiger partial charge in [0, 0.05) is 0 Å². The van der Waals surface area contributed by atoms with Crippen LogP contribution in [0.4, 0.5) is 0 Å². The first-order chi connectivity index (χ1) is 8.44. The van der Waals surface area contributed by atoms with Crippen LogP contribution in [0.2, 0.25) is 0 Å². The lowest BCUT2D eigenvalue weighted by molar-refractivity contribution is -0.147. The van der Waals surface area contributed by atoms with Gasteiger partial charge in [-0.05, 0) is 17.5 Å². The molecule has 2 aromatic rings. The summed E-state index contributed by atoms with van der Waals surface area (Å²) in [6.07, 6.45) is 0.428. The van der Waals surface area contributed by atoms with Crippen LogP contribution in [0.1, 0.15) is 32.2 Å². The van der Waals surface area contributed by atoms with Crippen LogP contribution in [0.25, 0.3) is 10.2 Å². The Bertz CT molecular complexity index is 521. The molecule has 4 heteroatoms. The average molecular weight is 263 g/mol. The summed E-state index contributed by atoms with van der Waals surface area (Å²) in [5.41, 5.74) is 0.925. The zero-order chi connectivity index (χ0) is 13.2. The highest BCUT2D eigenvalue weighted by atomic mass is 32.1. The fourth-order valence-electron chi connectivity index (χ4n) is 1.61. The molecule has 0 N–H and O–H groups in total. The van der Waals surface area contributed by atoms with Gasteiger partial charge in [-0.3, -0.25) is 4.79 Å². The van der Waals surface area contributed by atoms with E-state index in [-0.39, 0.29) is 18.0 Å². The molecule has 0 aliphatic rings. The molecule has 0 unspecified atom stereocenters. The molecule has 1 aromatic carbocycles. The molecule has 0 atom stereocenters. The largest absolute Gasteiger partial charge is 0.458 e. The quantitative estimate of drug-likeness (QED) is 0.791. The predicted octanol–water partition coefficient (Wildman–Crippen LogP) is 3.78. The number of carbonyl (C=O) groups excluding carboxylic acids is 1. The minimum absolute atomic E-state index is 0.0370. The van der Waals surface area contributed by atoms with E-state index in [9.17, 15) is 4.79 Å². The van der Waals surface area contributed by atoms with Gasteiger partial charge in [-0.2, -0.15) is 0 Å². The Morgan fingerprint density at radius 1 is 1.33 bits per heavy atom. The van der Waals surface area contributed by atoms with Crippen molar-refractivity contribution in [2.24, 2.45) is 5.41 Å². The maximum atomic E-state index is 11.6. The van der Waals surface area contributed by atoms with Gasteiger partial charge in [0.05, 0.1) is 16.6 Å². The van der Waals surface area contributed by atoms with E-state index in [2.05, 4.69) is 4.98 Å². The lowest BCUT2D eigenvalue weighted by Crippen LogP contribution is -2.15. The maximum Gasteiger partial charge on any atom is 0.306 e. The molecule has 1 aromatic heterocycles. The Balaban J connectivity index is 1.96. The molecule has 0 radical (unpaired) electrons. The van der Waals surface area contributed by atoms with Crippen LogP contribution in [0, 0.1) is 5.41 Å². The minimum Gasteiger partial charge on any atom is -0.458 e. The SMILES string of the molecule is CC(C)(C)CC(=O)OCc1nc2ccccc2s1. The second-order valence-electron chi connectivity index (χ2n) is 5.47. The molecule has 3 nitrogen and oxygen atoms in total. The monoisotopic (exact) mass is 263 g/mol. The third-order valence-corrected chi connectivity index (χ3v) is 3.38. The number of rotatable bonds is 3. The van der Waals surface area contributed by atoms with Gasteiger partial charge in [0.15, 0.2) is 0 Å². The van der Waals surface area contributed by atoms with Gasteiger partial charge in [-0.1, -0.05) is 32.9 Å². The van der Waals surface area contributed by atoms with Gasteiger partial charge in [0.1, 0.15) is 11.6 Å². The molecule has 0 saturated carbocycles. The molecule has 1 heterocycles. The first-order valence-electron chi connectivity index (χ1n) is 5.94. The van der Waals surface area contributed by atoms with E-state index in [1.54, 1.807) is 11.3 Å². The summed E-state index contributed by atoms with van der Waals surface area (Å²) in [5.74, 6) is -0.165. The van der Waals surface area contributed by atoms with Gasteiger partial charge < -0.3 is 4.74 Å². The van der Waals surface area contributed by atoms with Crippen LogP contribution in [-0.2, 0) is 16.1 Å². The Morgan fingerprint density at radius 2 is 2.06 bits per heavy atom. The normalized spacial score (nSPS) is 11.7. The number of para-hydroxylation sites is 1. The highest BCUT2D eigenvalue weighted by molar-refractivity contribution is 7.18. The molecule has 18 heavy (non-hydrogen) atoms. The van der Waals surface area contributed by atoms with Crippen molar-refractivity contribution in [2.75, 3.05) is 0 Å². The van der Waals surface area contributed by atoms with E-state index in [0.717, 1.165) is 15.2 Å². The topological polar surface area (TPSA) is 39.2 Å². The molecule has 2 rings (SSSR count). The van der Waals surface area contributed by atoms with Gasteiger partial charge in [0.2, 0.25) is 0 Å². The molecule has 0 amide bonds. The van der Waals surface area contributed by atoms with Crippen molar-refractivity contribution in [1.29, 1.82) is 0 Å². The van der Waals surface area contributed by atoms with Crippen molar-refractivity contribution in [1.82, 2.24) is 4.98 Å². The second-order valence-corrected chi connectivity index (χ2v) is 6.59. The molecular formula is C14H17NO2S. The third-order valence-electron chi connectivity index (χ3n) is 2.37. The number of ether oxygens (including phenoxy) is 1. The van der Waals surface area contributed by atoms with Crippen LogP contribution in [0.3, 0.4) is 0 Å². The summed E-state index contributed by atoms with van der Waals surface area (Å²) in [6, 6.07) is 7.92. The van der Waals surface area contributed by atoms with E-state index < -0.39 is 0 Å². The number of benzene rings is 1. The summed E-state index contributed by atoms with van der Waals surface area (Å²) in [6.45, 7) is 6.33. The predicted molar refractivity (Wildman–Crippen MR) is 73.5 cm³/mol. The molecule has 0 aliphatic carbocycles. The fraction of sp³-hybridized carbons (Fsp3) is 0.429. The van der Waals surface area contributed by atoms with Crippen LogP contribution < -0.4 is 0 Å². The number of hydrogen-bond acceptors (Lipinski definition) is 4. The highest BCUT2D eigenvalue weighted by Gasteiger charge is 2.17. The van der Waals surface area contributed by atoms with Crippen LogP contribution >= 0.6 is 11.3 Å². The number of fused-ring (bicyclic) bond motifs is 1. The van der Waals surface area contributed by atoms with Gasteiger partial charge in [0.25, 0.3) is 0 Å². The first kappa shape index (κ1) is 13.0. The molecular weight excluding hydrogens is 246 g/mol. The van der Waals surface area contributed by atoms with Crippen molar-refractivity contribution in [3.63, 3.8) is 0 Å². The van der Waals surface area contributed by atoms with Crippen LogP contribution in [0.5, 0.6) is 0 Å². The Kier molecular flexibility index (Phi) is 3.66. The number of thiazole rings is 1. The summed E-state index contributed by atoms with van der Waals surface area (Å²) in [5, 5.41) is 0.846. The summed E-state index contributed by atoms with van der Waals surface area (Å²) in [7, 11) is 0.